The normalized spacial score (nSPS) is 9.94. The van der Waals surface area contributed by atoms with E-state index in [2.05, 4.69) is 66.8 Å². The average Bonchev–Trinajstić information content (AvgIpc) is 2.00. The number of rotatable bonds is 3. The molecule has 106 valence electrons. The number of primary amides is 1. The summed E-state index contributed by atoms with van der Waals surface area (Å²) < 4.78 is 0. The number of hydrogen-bond donors (Lipinski definition) is 2. The maximum atomic E-state index is 9.09. The minimum absolute atomic E-state index is 0.550. The van der Waals surface area contributed by atoms with Crippen molar-refractivity contribution in [2.24, 2.45) is 17.1 Å². The summed E-state index contributed by atoms with van der Waals surface area (Å²) in [7, 11) is 0. The van der Waals surface area contributed by atoms with Gasteiger partial charge in [-0.05, 0) is 17.8 Å². The monoisotopic (exact) mass is 263 g/mol. The van der Waals surface area contributed by atoms with Crippen molar-refractivity contribution in [1.82, 2.24) is 0 Å². The second kappa shape index (κ2) is 13.9. The lowest BCUT2D eigenvalue weighted by atomic mass is 9.91. The molecule has 3 heteroatoms. The molecule has 17 heavy (non-hydrogen) atoms. The third kappa shape index (κ3) is 65.0. The smallest absolute Gasteiger partial charge is 0.273 e. The first-order valence-corrected chi connectivity index (χ1v) is 6.99. The molecule has 0 heterocycles. The van der Waals surface area contributed by atoms with E-state index >= 15 is 0 Å². The molecule has 0 rings (SSSR count). The summed E-state index contributed by atoms with van der Waals surface area (Å²) in [5.41, 5.74) is 4.89. The number of carbonyl (C=O) groups excluding carboxylic acids is 1. The molecule has 0 aromatic heterocycles. The standard InChI is InChI=1S/C7H16.C6H14.CH3NOS/c1-5-6-7(2,3)4;1-4-5-6(2)3;2-1(3)4/h5-6H2,1-4H3;6H,4-5H2,1-3H3;(H3,2,3,4). The number of thiol groups is 1. The summed E-state index contributed by atoms with van der Waals surface area (Å²) in [5.74, 6) is 0.898. The van der Waals surface area contributed by atoms with E-state index < -0.39 is 5.24 Å². The maximum absolute atomic E-state index is 9.09. The van der Waals surface area contributed by atoms with Crippen LogP contribution in [-0.2, 0) is 0 Å². The summed E-state index contributed by atoms with van der Waals surface area (Å²) in [6.45, 7) is 15.8. The van der Waals surface area contributed by atoms with Gasteiger partial charge in [0.2, 0.25) is 0 Å². The molecule has 0 saturated carbocycles. The fourth-order valence-corrected chi connectivity index (χ4v) is 1.33. The van der Waals surface area contributed by atoms with E-state index in [1.807, 2.05) is 0 Å². The second-order valence-corrected chi connectivity index (χ2v) is 6.27. The van der Waals surface area contributed by atoms with Gasteiger partial charge in [-0.1, -0.05) is 80.4 Å². The number of amides is 1. The molecule has 0 aliphatic carbocycles. The zero-order valence-electron chi connectivity index (χ0n) is 12.8. The summed E-state index contributed by atoms with van der Waals surface area (Å²) in [4.78, 5) is 9.09. The van der Waals surface area contributed by atoms with Gasteiger partial charge in [-0.15, -0.1) is 0 Å². The van der Waals surface area contributed by atoms with Crippen molar-refractivity contribution in [1.29, 1.82) is 0 Å². The van der Waals surface area contributed by atoms with Crippen LogP contribution in [-0.4, -0.2) is 5.24 Å². The highest BCUT2D eigenvalue weighted by Gasteiger charge is 2.06. The molecule has 0 saturated heterocycles. The van der Waals surface area contributed by atoms with Gasteiger partial charge in [0.1, 0.15) is 0 Å². The first-order valence-electron chi connectivity index (χ1n) is 6.55. The predicted molar refractivity (Wildman–Crippen MR) is 82.7 cm³/mol. The Balaban J connectivity index is -0.000000180. The van der Waals surface area contributed by atoms with Crippen LogP contribution in [0.15, 0.2) is 0 Å². The summed E-state index contributed by atoms with van der Waals surface area (Å²) in [5, 5.41) is -0.639. The largest absolute Gasteiger partial charge is 0.361 e. The lowest BCUT2D eigenvalue weighted by Crippen LogP contribution is -2.02. The van der Waals surface area contributed by atoms with E-state index in [0.717, 1.165) is 5.92 Å². The molecule has 0 fully saturated rings. The van der Waals surface area contributed by atoms with Gasteiger partial charge in [-0.3, -0.25) is 4.79 Å². The van der Waals surface area contributed by atoms with E-state index in [1.165, 1.54) is 25.7 Å². The van der Waals surface area contributed by atoms with Crippen LogP contribution in [0.2, 0.25) is 0 Å². The van der Waals surface area contributed by atoms with Crippen molar-refractivity contribution in [2.75, 3.05) is 0 Å². The van der Waals surface area contributed by atoms with Gasteiger partial charge in [0.15, 0.2) is 0 Å². The minimum Gasteiger partial charge on any atom is -0.361 e. The van der Waals surface area contributed by atoms with Gasteiger partial charge < -0.3 is 5.73 Å². The van der Waals surface area contributed by atoms with Crippen LogP contribution in [0.4, 0.5) is 4.79 Å². The average molecular weight is 263 g/mol. The Morgan fingerprint density at radius 1 is 1.18 bits per heavy atom. The van der Waals surface area contributed by atoms with Gasteiger partial charge in [0.25, 0.3) is 5.24 Å². The quantitative estimate of drug-likeness (QED) is 0.669. The molecule has 0 aromatic carbocycles. The topological polar surface area (TPSA) is 43.1 Å². The molecule has 0 atom stereocenters. The van der Waals surface area contributed by atoms with Gasteiger partial charge in [0, 0.05) is 0 Å². The van der Waals surface area contributed by atoms with Crippen molar-refractivity contribution in [3.63, 3.8) is 0 Å². The molecular formula is C14H33NOS. The van der Waals surface area contributed by atoms with Crippen LogP contribution in [0.3, 0.4) is 0 Å². The van der Waals surface area contributed by atoms with E-state index in [4.69, 9.17) is 4.79 Å². The Hall–Kier alpha value is -0.180. The zero-order chi connectivity index (χ0) is 14.5. The van der Waals surface area contributed by atoms with Crippen molar-refractivity contribution >= 4 is 17.9 Å². The fourth-order valence-electron chi connectivity index (χ4n) is 1.33. The van der Waals surface area contributed by atoms with Crippen LogP contribution in [0.25, 0.3) is 0 Å². The Morgan fingerprint density at radius 3 is 1.53 bits per heavy atom. The highest BCUT2D eigenvalue weighted by molar-refractivity contribution is 7.96. The van der Waals surface area contributed by atoms with E-state index in [9.17, 15) is 0 Å². The summed E-state index contributed by atoms with van der Waals surface area (Å²) in [6, 6.07) is 0. The molecule has 2 N–H and O–H groups in total. The van der Waals surface area contributed by atoms with Crippen molar-refractivity contribution < 1.29 is 4.79 Å². The molecule has 0 unspecified atom stereocenters. The molecule has 0 aliphatic rings. The molecule has 0 aromatic rings. The Morgan fingerprint density at radius 2 is 1.53 bits per heavy atom. The lowest BCUT2D eigenvalue weighted by Gasteiger charge is -2.15. The molecule has 1 amide bonds. The van der Waals surface area contributed by atoms with Crippen molar-refractivity contribution in [3.8, 4) is 0 Å². The first-order chi connectivity index (χ1) is 7.56. The van der Waals surface area contributed by atoms with Gasteiger partial charge in [0.05, 0.1) is 0 Å². The van der Waals surface area contributed by atoms with Gasteiger partial charge in [-0.2, -0.15) is 0 Å². The zero-order valence-corrected chi connectivity index (χ0v) is 13.7. The summed E-state index contributed by atoms with van der Waals surface area (Å²) >= 11 is 3.10. The molecular weight excluding hydrogens is 230 g/mol. The fraction of sp³-hybridized carbons (Fsp3) is 0.929. The highest BCUT2D eigenvalue weighted by atomic mass is 32.1. The Kier molecular flexibility index (Phi) is 18.0. The van der Waals surface area contributed by atoms with E-state index in [0.29, 0.717) is 5.41 Å². The lowest BCUT2D eigenvalue weighted by molar-refractivity contribution is 0.267. The third-order valence-electron chi connectivity index (χ3n) is 1.87. The van der Waals surface area contributed by atoms with Crippen molar-refractivity contribution in [2.45, 2.75) is 74.1 Å². The van der Waals surface area contributed by atoms with Crippen LogP contribution in [0.1, 0.15) is 74.1 Å². The Labute approximate surface area is 114 Å². The SMILES string of the molecule is CCCC(C)(C)C.CCCC(C)C.NC(=O)S. The van der Waals surface area contributed by atoms with E-state index in [-0.39, 0.29) is 0 Å². The van der Waals surface area contributed by atoms with Crippen LogP contribution in [0, 0.1) is 11.3 Å². The van der Waals surface area contributed by atoms with Crippen LogP contribution >= 0.6 is 12.6 Å². The molecule has 0 radical (unpaired) electrons. The van der Waals surface area contributed by atoms with Crippen molar-refractivity contribution in [3.05, 3.63) is 0 Å². The number of carbonyl (C=O) groups is 1. The first kappa shape index (κ1) is 22.0. The maximum Gasteiger partial charge on any atom is 0.273 e. The third-order valence-corrected chi connectivity index (χ3v) is 1.87. The van der Waals surface area contributed by atoms with Crippen LogP contribution < -0.4 is 5.73 Å². The minimum atomic E-state index is -0.639. The van der Waals surface area contributed by atoms with Gasteiger partial charge >= 0.3 is 0 Å². The molecule has 0 bridgehead atoms. The molecule has 2 nitrogen and oxygen atoms in total. The molecule has 0 aliphatic heterocycles. The van der Waals surface area contributed by atoms with Crippen LogP contribution in [0.5, 0.6) is 0 Å². The van der Waals surface area contributed by atoms with Gasteiger partial charge in [-0.25, -0.2) is 0 Å². The number of hydrogen-bond acceptors (Lipinski definition) is 1. The second-order valence-electron chi connectivity index (χ2n) is 5.83. The number of nitrogens with two attached hydrogens (primary N) is 1. The predicted octanol–water partition coefficient (Wildman–Crippen LogP) is 5.27. The molecule has 0 spiro atoms. The highest BCUT2D eigenvalue weighted by Crippen LogP contribution is 2.19. The Bertz CT molecular complexity index is 158. The van der Waals surface area contributed by atoms with E-state index in [1.54, 1.807) is 0 Å². The summed E-state index contributed by atoms with van der Waals surface area (Å²) in [6.07, 6.45) is 5.36.